The van der Waals surface area contributed by atoms with Crippen LogP contribution in [0.2, 0.25) is 0 Å². The molecule has 0 aliphatic carbocycles. The van der Waals surface area contributed by atoms with E-state index >= 15 is 0 Å². The van der Waals surface area contributed by atoms with E-state index in [0.717, 1.165) is 12.8 Å². The Hall–Kier alpha value is -1.93. The number of hydrogen-bond acceptors (Lipinski definition) is 4. The standard InChI is InChI=1S/C19H29N3O4S/c1-5-11-21(12-6-2)27(25,26)17-9-7-16(8-10-17)22-14-15(13-18(22)23)19(24)20(3)4/h7-10,15H,5-6,11-14H2,1-4H3/t15-/m1/s1. The van der Waals surface area contributed by atoms with Crippen LogP contribution < -0.4 is 4.90 Å². The van der Waals surface area contributed by atoms with Crippen LogP contribution in [0.4, 0.5) is 5.69 Å². The van der Waals surface area contributed by atoms with Crippen molar-refractivity contribution in [3.8, 4) is 0 Å². The summed E-state index contributed by atoms with van der Waals surface area (Å²) in [5, 5.41) is 0. The van der Waals surface area contributed by atoms with Crippen molar-refractivity contribution in [3.63, 3.8) is 0 Å². The zero-order chi connectivity index (χ0) is 20.2. The Labute approximate surface area is 162 Å². The van der Waals surface area contributed by atoms with E-state index in [1.54, 1.807) is 31.1 Å². The topological polar surface area (TPSA) is 78.0 Å². The van der Waals surface area contributed by atoms with Crippen LogP contribution >= 0.6 is 0 Å². The number of hydrogen-bond donors (Lipinski definition) is 0. The van der Waals surface area contributed by atoms with Crippen LogP contribution in [0.1, 0.15) is 33.1 Å². The number of amides is 2. The van der Waals surface area contributed by atoms with Gasteiger partial charge in [-0.25, -0.2) is 8.42 Å². The van der Waals surface area contributed by atoms with Crippen LogP contribution in [0, 0.1) is 5.92 Å². The predicted molar refractivity (Wildman–Crippen MR) is 105 cm³/mol. The maximum Gasteiger partial charge on any atom is 0.243 e. The minimum absolute atomic E-state index is 0.0696. The fraction of sp³-hybridized carbons (Fsp3) is 0.579. The van der Waals surface area contributed by atoms with Gasteiger partial charge < -0.3 is 9.80 Å². The Bertz CT molecular complexity index is 769. The summed E-state index contributed by atoms with van der Waals surface area (Å²) in [7, 11) is -0.197. The molecule has 1 aromatic rings. The third-order valence-electron chi connectivity index (χ3n) is 4.65. The maximum atomic E-state index is 12.8. The summed E-state index contributed by atoms with van der Waals surface area (Å²) in [6.45, 7) is 5.19. The summed E-state index contributed by atoms with van der Waals surface area (Å²) >= 11 is 0. The molecule has 1 heterocycles. The lowest BCUT2D eigenvalue weighted by molar-refractivity contribution is -0.133. The maximum absolute atomic E-state index is 12.8. The number of carbonyl (C=O) groups is 2. The summed E-state index contributed by atoms with van der Waals surface area (Å²) in [4.78, 5) is 27.7. The Kier molecular flexibility index (Phi) is 7.00. The van der Waals surface area contributed by atoms with Gasteiger partial charge in [0.15, 0.2) is 0 Å². The zero-order valence-electron chi connectivity index (χ0n) is 16.5. The fourth-order valence-electron chi connectivity index (χ4n) is 3.29. The first-order valence-corrected chi connectivity index (χ1v) is 10.8. The predicted octanol–water partition coefficient (Wildman–Crippen LogP) is 1.94. The van der Waals surface area contributed by atoms with Gasteiger partial charge in [0.2, 0.25) is 21.8 Å². The van der Waals surface area contributed by atoms with Gasteiger partial charge in [-0.3, -0.25) is 9.59 Å². The molecule has 0 saturated carbocycles. The molecule has 1 aromatic carbocycles. The van der Waals surface area contributed by atoms with Crippen molar-refractivity contribution >= 4 is 27.5 Å². The quantitative estimate of drug-likeness (QED) is 0.674. The molecule has 150 valence electrons. The number of benzene rings is 1. The molecule has 1 aliphatic heterocycles. The molecule has 7 nitrogen and oxygen atoms in total. The fourth-order valence-corrected chi connectivity index (χ4v) is 4.91. The summed E-state index contributed by atoms with van der Waals surface area (Å²) in [6, 6.07) is 6.36. The third kappa shape index (κ3) is 4.68. The van der Waals surface area contributed by atoms with Crippen LogP contribution in [-0.2, 0) is 19.6 Å². The second-order valence-electron chi connectivity index (χ2n) is 7.04. The molecular weight excluding hydrogens is 366 g/mol. The molecule has 1 aliphatic rings. The van der Waals surface area contributed by atoms with Crippen LogP contribution in [0.25, 0.3) is 0 Å². The van der Waals surface area contributed by atoms with Crippen molar-refractivity contribution in [2.24, 2.45) is 5.92 Å². The second-order valence-corrected chi connectivity index (χ2v) is 8.97. The highest BCUT2D eigenvalue weighted by atomic mass is 32.2. The first-order chi connectivity index (χ1) is 12.7. The molecule has 2 amide bonds. The SMILES string of the molecule is CCCN(CCC)S(=O)(=O)c1ccc(N2C[C@H](C(=O)N(C)C)CC2=O)cc1. The molecule has 0 bridgehead atoms. The molecule has 0 N–H and O–H groups in total. The van der Waals surface area contributed by atoms with Crippen LogP contribution in [-0.4, -0.2) is 63.2 Å². The molecule has 27 heavy (non-hydrogen) atoms. The Morgan fingerprint density at radius 3 is 2.15 bits per heavy atom. The van der Waals surface area contributed by atoms with Gasteiger partial charge in [-0.2, -0.15) is 4.31 Å². The average Bonchev–Trinajstić information content (AvgIpc) is 3.02. The Balaban J connectivity index is 2.20. The third-order valence-corrected chi connectivity index (χ3v) is 6.56. The molecule has 2 rings (SSSR count). The number of rotatable bonds is 8. The van der Waals surface area contributed by atoms with Gasteiger partial charge >= 0.3 is 0 Å². The minimum Gasteiger partial charge on any atom is -0.349 e. The van der Waals surface area contributed by atoms with E-state index in [2.05, 4.69) is 0 Å². The van der Waals surface area contributed by atoms with Crippen LogP contribution in [0.3, 0.4) is 0 Å². The van der Waals surface area contributed by atoms with E-state index in [1.807, 2.05) is 13.8 Å². The van der Waals surface area contributed by atoms with E-state index < -0.39 is 10.0 Å². The summed E-state index contributed by atoms with van der Waals surface area (Å²) in [6.07, 6.45) is 1.68. The van der Waals surface area contributed by atoms with Crippen molar-refractivity contribution in [2.75, 3.05) is 38.6 Å². The molecule has 0 radical (unpaired) electrons. The minimum atomic E-state index is -3.55. The molecule has 0 spiro atoms. The zero-order valence-corrected chi connectivity index (χ0v) is 17.3. The van der Waals surface area contributed by atoms with Crippen LogP contribution in [0.5, 0.6) is 0 Å². The molecule has 0 unspecified atom stereocenters. The van der Waals surface area contributed by atoms with Crippen LogP contribution in [0.15, 0.2) is 29.2 Å². The van der Waals surface area contributed by atoms with E-state index in [1.165, 1.54) is 21.3 Å². The highest BCUT2D eigenvalue weighted by Crippen LogP contribution is 2.27. The van der Waals surface area contributed by atoms with E-state index in [9.17, 15) is 18.0 Å². The van der Waals surface area contributed by atoms with Gasteiger partial charge in [0.1, 0.15) is 0 Å². The second kappa shape index (κ2) is 8.84. The van der Waals surface area contributed by atoms with Gasteiger partial charge in [0.05, 0.1) is 10.8 Å². The van der Waals surface area contributed by atoms with Crippen molar-refractivity contribution in [3.05, 3.63) is 24.3 Å². The largest absolute Gasteiger partial charge is 0.349 e. The van der Waals surface area contributed by atoms with Crippen molar-refractivity contribution < 1.29 is 18.0 Å². The lowest BCUT2D eigenvalue weighted by atomic mass is 10.1. The number of nitrogens with zero attached hydrogens (tertiary/aromatic N) is 3. The molecule has 0 aromatic heterocycles. The normalized spacial score (nSPS) is 17.6. The summed E-state index contributed by atoms with van der Waals surface area (Å²) in [5.74, 6) is -0.551. The number of carbonyl (C=O) groups excluding carboxylic acids is 2. The van der Waals surface area contributed by atoms with Crippen molar-refractivity contribution in [1.29, 1.82) is 0 Å². The van der Waals surface area contributed by atoms with Crippen molar-refractivity contribution in [2.45, 2.75) is 38.0 Å². The lowest BCUT2D eigenvalue weighted by Crippen LogP contribution is -2.33. The van der Waals surface area contributed by atoms with Gasteiger partial charge in [0, 0.05) is 45.8 Å². The highest BCUT2D eigenvalue weighted by Gasteiger charge is 2.36. The number of anilines is 1. The molecular formula is C19H29N3O4S. The van der Waals surface area contributed by atoms with Gasteiger partial charge in [0.25, 0.3) is 0 Å². The van der Waals surface area contributed by atoms with E-state index in [4.69, 9.17) is 0 Å². The van der Waals surface area contributed by atoms with Gasteiger partial charge in [-0.15, -0.1) is 0 Å². The molecule has 1 saturated heterocycles. The lowest BCUT2D eigenvalue weighted by Gasteiger charge is -2.22. The first kappa shape index (κ1) is 21.4. The molecule has 1 fully saturated rings. The first-order valence-electron chi connectivity index (χ1n) is 9.34. The molecule has 8 heteroatoms. The Morgan fingerprint density at radius 1 is 1.11 bits per heavy atom. The van der Waals surface area contributed by atoms with Crippen molar-refractivity contribution in [1.82, 2.24) is 9.21 Å². The van der Waals surface area contributed by atoms with E-state index in [0.29, 0.717) is 25.3 Å². The molecule has 1 atom stereocenters. The van der Waals surface area contributed by atoms with E-state index in [-0.39, 0.29) is 29.0 Å². The van der Waals surface area contributed by atoms with Gasteiger partial charge in [-0.05, 0) is 37.1 Å². The summed E-state index contributed by atoms with van der Waals surface area (Å²) in [5.41, 5.74) is 0.616. The highest BCUT2D eigenvalue weighted by molar-refractivity contribution is 7.89. The summed E-state index contributed by atoms with van der Waals surface area (Å²) < 4.78 is 27.1. The van der Waals surface area contributed by atoms with Gasteiger partial charge in [-0.1, -0.05) is 13.8 Å². The monoisotopic (exact) mass is 395 g/mol. The smallest absolute Gasteiger partial charge is 0.243 e. The Morgan fingerprint density at radius 2 is 1.67 bits per heavy atom. The average molecular weight is 396 g/mol. The number of sulfonamides is 1.